The number of rotatable bonds is 7. The molecule has 0 aromatic carbocycles. The highest BCUT2D eigenvalue weighted by atomic mass is 35.5. The number of nitrogens with one attached hydrogen (secondary N) is 1. The van der Waals surface area contributed by atoms with E-state index in [4.69, 9.17) is 16.3 Å². The molecule has 0 aliphatic heterocycles. The third-order valence-corrected chi connectivity index (χ3v) is 3.26. The summed E-state index contributed by atoms with van der Waals surface area (Å²) in [5.74, 6) is 0.101. The van der Waals surface area contributed by atoms with Gasteiger partial charge in [0.05, 0.1) is 17.7 Å². The highest BCUT2D eigenvalue weighted by Gasteiger charge is 2.08. The van der Waals surface area contributed by atoms with E-state index in [2.05, 4.69) is 4.72 Å². The molecule has 0 aromatic heterocycles. The van der Waals surface area contributed by atoms with Crippen LogP contribution in [0.1, 0.15) is 13.3 Å². The van der Waals surface area contributed by atoms with Crippen LogP contribution in [0.5, 0.6) is 0 Å². The molecule has 1 N–H and O–H groups in total. The lowest BCUT2D eigenvalue weighted by Crippen LogP contribution is -2.28. The maximum absolute atomic E-state index is 11.0. The van der Waals surface area contributed by atoms with Crippen molar-refractivity contribution < 1.29 is 13.2 Å². The van der Waals surface area contributed by atoms with E-state index in [1.807, 2.05) is 0 Å². The quantitative estimate of drug-likeness (QED) is 0.650. The van der Waals surface area contributed by atoms with E-state index in [0.717, 1.165) is 0 Å². The first kappa shape index (κ1) is 13.2. The van der Waals surface area contributed by atoms with Gasteiger partial charge in [0.25, 0.3) is 0 Å². The van der Waals surface area contributed by atoms with Gasteiger partial charge in [-0.25, -0.2) is 13.1 Å². The summed E-state index contributed by atoms with van der Waals surface area (Å²) in [5.41, 5.74) is 0. The molecule has 0 fully saturated rings. The third-order valence-electron chi connectivity index (χ3n) is 1.51. The first-order valence-corrected chi connectivity index (χ1v) is 6.21. The van der Waals surface area contributed by atoms with E-state index in [1.54, 1.807) is 14.0 Å². The zero-order chi connectivity index (χ0) is 10.3. The fourth-order valence-corrected chi connectivity index (χ4v) is 1.61. The summed E-state index contributed by atoms with van der Waals surface area (Å²) in [6.45, 7) is 2.40. The van der Waals surface area contributed by atoms with E-state index >= 15 is 0 Å². The van der Waals surface area contributed by atoms with Crippen molar-refractivity contribution in [1.82, 2.24) is 4.72 Å². The lowest BCUT2D eigenvalue weighted by molar-refractivity contribution is 0.196. The molecule has 4 nitrogen and oxygen atoms in total. The molecule has 1 unspecified atom stereocenters. The van der Waals surface area contributed by atoms with Crippen LogP contribution in [-0.4, -0.2) is 39.8 Å². The van der Waals surface area contributed by atoms with Gasteiger partial charge in [-0.1, -0.05) is 0 Å². The van der Waals surface area contributed by atoms with Gasteiger partial charge >= 0.3 is 0 Å². The Labute approximate surface area is 84.7 Å². The SMILES string of the molecule is CCS(=O)(=O)NCCC(Cl)COC. The van der Waals surface area contributed by atoms with E-state index in [9.17, 15) is 8.42 Å². The molecule has 0 heterocycles. The Morgan fingerprint density at radius 3 is 2.62 bits per heavy atom. The van der Waals surface area contributed by atoms with E-state index in [-0.39, 0.29) is 11.1 Å². The van der Waals surface area contributed by atoms with Crippen molar-refractivity contribution in [1.29, 1.82) is 0 Å². The van der Waals surface area contributed by atoms with Crippen LogP contribution >= 0.6 is 11.6 Å². The molecular weight excluding hydrogens is 214 g/mol. The summed E-state index contributed by atoms with van der Waals surface area (Å²) in [6.07, 6.45) is 0.578. The Morgan fingerprint density at radius 2 is 2.15 bits per heavy atom. The fraction of sp³-hybridized carbons (Fsp3) is 1.00. The summed E-state index contributed by atoms with van der Waals surface area (Å²) >= 11 is 5.79. The molecule has 0 saturated carbocycles. The topological polar surface area (TPSA) is 55.4 Å². The van der Waals surface area contributed by atoms with Gasteiger partial charge in [0.15, 0.2) is 0 Å². The Hall–Kier alpha value is 0.160. The zero-order valence-corrected chi connectivity index (χ0v) is 9.49. The largest absolute Gasteiger partial charge is 0.383 e. The van der Waals surface area contributed by atoms with Crippen molar-refractivity contribution in [3.05, 3.63) is 0 Å². The van der Waals surface area contributed by atoms with Gasteiger partial charge < -0.3 is 4.74 Å². The Balaban J connectivity index is 3.56. The molecule has 0 amide bonds. The number of sulfonamides is 1. The smallest absolute Gasteiger partial charge is 0.211 e. The second-order valence-corrected chi connectivity index (χ2v) is 5.35. The number of halogens is 1. The maximum atomic E-state index is 11.0. The minimum atomic E-state index is -3.08. The van der Waals surface area contributed by atoms with Crippen LogP contribution in [0.25, 0.3) is 0 Å². The highest BCUT2D eigenvalue weighted by Crippen LogP contribution is 2.01. The average Bonchev–Trinajstić information content (AvgIpc) is 2.05. The van der Waals surface area contributed by atoms with Crippen LogP contribution in [0.2, 0.25) is 0 Å². The maximum Gasteiger partial charge on any atom is 0.211 e. The van der Waals surface area contributed by atoms with Crippen molar-refractivity contribution in [3.8, 4) is 0 Å². The zero-order valence-electron chi connectivity index (χ0n) is 7.92. The van der Waals surface area contributed by atoms with Crippen molar-refractivity contribution >= 4 is 21.6 Å². The second-order valence-electron chi connectivity index (χ2n) is 2.64. The Kier molecular flexibility index (Phi) is 6.67. The number of hydrogen-bond acceptors (Lipinski definition) is 3. The summed E-state index contributed by atoms with van der Waals surface area (Å²) in [6, 6.07) is 0. The van der Waals surface area contributed by atoms with Gasteiger partial charge in [0, 0.05) is 13.7 Å². The lowest BCUT2D eigenvalue weighted by Gasteiger charge is -2.08. The van der Waals surface area contributed by atoms with Crippen molar-refractivity contribution in [2.24, 2.45) is 0 Å². The Morgan fingerprint density at radius 1 is 1.54 bits per heavy atom. The molecule has 0 rings (SSSR count). The molecule has 0 spiro atoms. The molecule has 0 aliphatic carbocycles. The molecule has 0 aliphatic rings. The monoisotopic (exact) mass is 229 g/mol. The van der Waals surface area contributed by atoms with Gasteiger partial charge in [-0.15, -0.1) is 11.6 Å². The molecule has 6 heteroatoms. The van der Waals surface area contributed by atoms with Crippen LogP contribution < -0.4 is 4.72 Å². The van der Waals surface area contributed by atoms with Crippen LogP contribution in [0.4, 0.5) is 0 Å². The van der Waals surface area contributed by atoms with Gasteiger partial charge in [0.2, 0.25) is 10.0 Å². The van der Waals surface area contributed by atoms with E-state index in [1.165, 1.54) is 0 Å². The minimum absolute atomic E-state index is 0.101. The molecule has 0 saturated heterocycles. The molecule has 1 atom stereocenters. The van der Waals surface area contributed by atoms with Gasteiger partial charge in [-0.05, 0) is 13.3 Å². The Bertz CT molecular complexity index is 218. The molecule has 0 radical (unpaired) electrons. The fourth-order valence-electron chi connectivity index (χ4n) is 0.737. The lowest BCUT2D eigenvalue weighted by atomic mass is 10.3. The van der Waals surface area contributed by atoms with Crippen molar-refractivity contribution in [2.75, 3.05) is 26.0 Å². The van der Waals surface area contributed by atoms with E-state index < -0.39 is 10.0 Å². The number of ether oxygens (including phenoxy) is 1. The van der Waals surface area contributed by atoms with E-state index in [0.29, 0.717) is 19.6 Å². The summed E-state index contributed by atoms with van der Waals surface area (Å²) < 4.78 is 29.1. The minimum Gasteiger partial charge on any atom is -0.383 e. The van der Waals surface area contributed by atoms with Gasteiger partial charge in [-0.2, -0.15) is 0 Å². The predicted molar refractivity (Wildman–Crippen MR) is 53.6 cm³/mol. The molecule has 0 aromatic rings. The highest BCUT2D eigenvalue weighted by molar-refractivity contribution is 7.89. The molecular formula is C7H16ClNO3S. The number of hydrogen-bond donors (Lipinski definition) is 1. The first-order valence-electron chi connectivity index (χ1n) is 4.12. The van der Waals surface area contributed by atoms with Gasteiger partial charge in [0.1, 0.15) is 0 Å². The standard InChI is InChI=1S/C7H16ClNO3S/c1-3-13(10,11)9-5-4-7(8)6-12-2/h7,9H,3-6H2,1-2H3. The molecule has 0 bridgehead atoms. The molecule has 80 valence electrons. The van der Waals surface area contributed by atoms with Gasteiger partial charge in [-0.3, -0.25) is 0 Å². The van der Waals surface area contributed by atoms with Crippen molar-refractivity contribution in [3.63, 3.8) is 0 Å². The first-order chi connectivity index (χ1) is 6.02. The van der Waals surface area contributed by atoms with Crippen LogP contribution in [0.15, 0.2) is 0 Å². The number of alkyl halides is 1. The second kappa shape index (κ2) is 6.59. The summed E-state index contributed by atoms with van der Waals surface area (Å²) in [4.78, 5) is 0. The van der Waals surface area contributed by atoms with Crippen LogP contribution in [0.3, 0.4) is 0 Å². The molecule has 13 heavy (non-hydrogen) atoms. The normalized spacial score (nSPS) is 14.4. The summed E-state index contributed by atoms with van der Waals surface area (Å²) in [5, 5.41) is -0.135. The van der Waals surface area contributed by atoms with Crippen LogP contribution in [0, 0.1) is 0 Å². The average molecular weight is 230 g/mol. The summed E-state index contributed by atoms with van der Waals surface area (Å²) in [7, 11) is -1.52. The number of methoxy groups -OCH3 is 1. The van der Waals surface area contributed by atoms with Crippen molar-refractivity contribution in [2.45, 2.75) is 18.7 Å². The third kappa shape index (κ3) is 7.25. The van der Waals surface area contributed by atoms with Crippen LogP contribution in [-0.2, 0) is 14.8 Å². The predicted octanol–water partition coefficient (Wildman–Crippen LogP) is 0.570.